The van der Waals surface area contributed by atoms with Gasteiger partial charge in [-0.25, -0.2) is 9.97 Å². The summed E-state index contributed by atoms with van der Waals surface area (Å²) in [5.41, 5.74) is 3.38. The third kappa shape index (κ3) is 5.36. The van der Waals surface area contributed by atoms with E-state index < -0.39 is 0 Å². The number of carbonyl (C=O) groups excluding carboxylic acids is 1. The fraction of sp³-hybridized carbons (Fsp3) is 0.321. The minimum atomic E-state index is -0.274. The van der Waals surface area contributed by atoms with Crippen LogP contribution in [0.25, 0.3) is 11.3 Å². The van der Waals surface area contributed by atoms with E-state index in [0.717, 1.165) is 47.1 Å². The number of aromatic nitrogens is 3. The summed E-state index contributed by atoms with van der Waals surface area (Å²) in [7, 11) is 0. The maximum absolute atomic E-state index is 13.9. The summed E-state index contributed by atoms with van der Waals surface area (Å²) in [4.78, 5) is 26.6. The van der Waals surface area contributed by atoms with Crippen LogP contribution < -0.4 is 4.90 Å². The number of halogens is 2. The van der Waals surface area contributed by atoms with Crippen LogP contribution in [0.4, 0.5) is 5.13 Å². The van der Waals surface area contributed by atoms with Gasteiger partial charge in [0.05, 0.1) is 23.1 Å². The van der Waals surface area contributed by atoms with Crippen molar-refractivity contribution in [1.29, 1.82) is 0 Å². The fourth-order valence-electron chi connectivity index (χ4n) is 4.57. The number of thiazole rings is 1. The van der Waals surface area contributed by atoms with Crippen LogP contribution in [0.1, 0.15) is 47.1 Å². The number of hydrogen-bond donors (Lipinski definition) is 0. The lowest BCUT2D eigenvalue weighted by Crippen LogP contribution is -2.43. The monoisotopic (exact) mass is 538 g/mol. The first-order valence-electron chi connectivity index (χ1n) is 12.2. The molecular formula is C28H28Cl2N4OS. The van der Waals surface area contributed by atoms with Gasteiger partial charge in [-0.05, 0) is 55.9 Å². The number of Topliss-reactive ketones (excluding diaryl/α,β-unsaturated/α-hetero) is 1. The van der Waals surface area contributed by atoms with Crippen LogP contribution >= 0.6 is 34.5 Å². The highest BCUT2D eigenvalue weighted by Gasteiger charge is 2.42. The Hall–Kier alpha value is -2.67. The third-order valence-corrected chi connectivity index (χ3v) is 8.00. The second kappa shape index (κ2) is 10.8. The van der Waals surface area contributed by atoms with E-state index in [0.29, 0.717) is 28.2 Å². The topological polar surface area (TPSA) is 51.0 Å². The standard InChI is InChI=1S/C28H28Cl2N4OS/c1-3-13-34(28-32-25(18(2)36-28)22-12-11-21(29)14-23(22)30)26(20-9-10-20)27(35)24-16-33(17-31-24)15-19-7-5-4-6-8-19/h4-8,11-12,14,16-17,20,26H,3,9-10,13,15H2,1-2H3. The number of hydrogen-bond acceptors (Lipinski definition) is 5. The van der Waals surface area contributed by atoms with Gasteiger partial charge in [-0.2, -0.15) is 0 Å². The molecule has 5 nitrogen and oxygen atoms in total. The van der Waals surface area contributed by atoms with Crippen molar-refractivity contribution in [2.75, 3.05) is 11.4 Å². The summed E-state index contributed by atoms with van der Waals surface area (Å²) >= 11 is 14.2. The highest BCUT2D eigenvalue weighted by Crippen LogP contribution is 2.42. The molecule has 8 heteroatoms. The minimum absolute atomic E-state index is 0.0664. The van der Waals surface area contributed by atoms with Gasteiger partial charge in [0.2, 0.25) is 5.78 Å². The Bertz CT molecular complexity index is 1360. The predicted molar refractivity (Wildman–Crippen MR) is 149 cm³/mol. The number of rotatable bonds is 10. The van der Waals surface area contributed by atoms with Crippen LogP contribution in [-0.2, 0) is 6.54 Å². The van der Waals surface area contributed by atoms with Gasteiger partial charge in [-0.15, -0.1) is 11.3 Å². The van der Waals surface area contributed by atoms with Gasteiger partial charge in [0.25, 0.3) is 0 Å². The van der Waals surface area contributed by atoms with E-state index in [4.69, 9.17) is 28.2 Å². The molecule has 0 radical (unpaired) electrons. The summed E-state index contributed by atoms with van der Waals surface area (Å²) in [6.07, 6.45) is 6.63. The Morgan fingerprint density at radius 3 is 2.67 bits per heavy atom. The normalized spacial score (nSPS) is 14.1. The molecular weight excluding hydrogens is 511 g/mol. The number of ketones is 1. The van der Waals surface area contributed by atoms with Crippen LogP contribution in [0, 0.1) is 12.8 Å². The maximum Gasteiger partial charge on any atom is 0.205 e. The number of carbonyl (C=O) groups is 1. The van der Waals surface area contributed by atoms with Gasteiger partial charge in [-0.1, -0.05) is 60.5 Å². The summed E-state index contributed by atoms with van der Waals surface area (Å²) in [6, 6.07) is 15.4. The van der Waals surface area contributed by atoms with Crippen LogP contribution in [0.2, 0.25) is 10.0 Å². The second-order valence-corrected chi connectivity index (χ2v) is 11.3. The van der Waals surface area contributed by atoms with Gasteiger partial charge >= 0.3 is 0 Å². The zero-order chi connectivity index (χ0) is 25.2. The molecule has 1 atom stereocenters. The van der Waals surface area contributed by atoms with Crippen LogP contribution in [-0.4, -0.2) is 32.9 Å². The molecule has 0 saturated heterocycles. The number of nitrogens with zero attached hydrogens (tertiary/aromatic N) is 4. The lowest BCUT2D eigenvalue weighted by molar-refractivity contribution is 0.0942. The number of anilines is 1. The highest BCUT2D eigenvalue weighted by molar-refractivity contribution is 7.16. The summed E-state index contributed by atoms with van der Waals surface area (Å²) in [6.45, 7) is 5.61. The first-order valence-corrected chi connectivity index (χ1v) is 13.8. The summed E-state index contributed by atoms with van der Waals surface area (Å²) < 4.78 is 1.98. The molecule has 5 rings (SSSR count). The first kappa shape index (κ1) is 25.0. The molecule has 1 fully saturated rings. The van der Waals surface area contributed by atoms with E-state index in [1.807, 2.05) is 48.0 Å². The Morgan fingerprint density at radius 2 is 1.97 bits per heavy atom. The van der Waals surface area contributed by atoms with Crippen LogP contribution in [0.5, 0.6) is 0 Å². The van der Waals surface area contributed by atoms with Gasteiger partial charge in [0.1, 0.15) is 5.69 Å². The van der Waals surface area contributed by atoms with Crippen molar-refractivity contribution < 1.29 is 4.79 Å². The molecule has 0 aliphatic heterocycles. The van der Waals surface area contributed by atoms with E-state index >= 15 is 0 Å². The second-order valence-electron chi connectivity index (χ2n) is 9.28. The highest BCUT2D eigenvalue weighted by atomic mass is 35.5. The summed E-state index contributed by atoms with van der Waals surface area (Å²) in [5, 5.41) is 2.02. The maximum atomic E-state index is 13.9. The van der Waals surface area contributed by atoms with Gasteiger partial charge < -0.3 is 9.47 Å². The molecule has 0 bridgehead atoms. The fourth-order valence-corrected chi connectivity index (χ4v) is 6.06. The van der Waals surface area contributed by atoms with E-state index in [1.54, 1.807) is 23.7 Å². The van der Waals surface area contributed by atoms with Gasteiger partial charge in [0.15, 0.2) is 5.13 Å². The van der Waals surface area contributed by atoms with Crippen LogP contribution in [0.15, 0.2) is 61.1 Å². The SMILES string of the molecule is CCCN(c1nc(-c2ccc(Cl)cc2Cl)c(C)s1)C(C(=O)c1cn(Cc2ccccc2)cn1)C1CC1. The summed E-state index contributed by atoms with van der Waals surface area (Å²) in [5.74, 6) is 0.381. The smallest absolute Gasteiger partial charge is 0.205 e. The van der Waals surface area contributed by atoms with Crippen molar-refractivity contribution in [2.45, 2.75) is 45.7 Å². The quantitative estimate of drug-likeness (QED) is 0.195. The molecule has 1 aliphatic carbocycles. The average Bonchev–Trinajstić information content (AvgIpc) is 3.46. The number of imidazole rings is 1. The van der Waals surface area contributed by atoms with Crippen molar-refractivity contribution in [3.63, 3.8) is 0 Å². The Morgan fingerprint density at radius 1 is 1.19 bits per heavy atom. The van der Waals surface area contributed by atoms with Gasteiger partial charge in [0, 0.05) is 34.7 Å². The van der Waals surface area contributed by atoms with Crippen molar-refractivity contribution in [3.05, 3.63) is 87.2 Å². The average molecular weight is 540 g/mol. The molecule has 4 aromatic rings. The van der Waals surface area contributed by atoms with E-state index in [9.17, 15) is 4.79 Å². The molecule has 2 aromatic heterocycles. The van der Waals surface area contributed by atoms with Crippen molar-refractivity contribution in [1.82, 2.24) is 14.5 Å². The third-order valence-electron chi connectivity index (χ3n) is 6.45. The molecule has 1 unspecified atom stereocenters. The van der Waals surface area contributed by atoms with Gasteiger partial charge in [-0.3, -0.25) is 4.79 Å². The minimum Gasteiger partial charge on any atom is -0.337 e. The molecule has 2 heterocycles. The molecule has 0 spiro atoms. The van der Waals surface area contributed by atoms with Crippen LogP contribution in [0.3, 0.4) is 0 Å². The Labute approximate surface area is 225 Å². The van der Waals surface area contributed by atoms with Crippen molar-refractivity contribution in [2.24, 2.45) is 5.92 Å². The van der Waals surface area contributed by atoms with Crippen molar-refractivity contribution in [3.8, 4) is 11.3 Å². The largest absolute Gasteiger partial charge is 0.337 e. The predicted octanol–water partition coefficient (Wildman–Crippen LogP) is 7.55. The Kier molecular flexibility index (Phi) is 7.47. The molecule has 1 saturated carbocycles. The number of aryl methyl sites for hydroxylation is 1. The molecule has 36 heavy (non-hydrogen) atoms. The Balaban J connectivity index is 1.44. The number of benzene rings is 2. The first-order chi connectivity index (χ1) is 17.4. The van der Waals surface area contributed by atoms with Crippen molar-refractivity contribution >= 4 is 45.5 Å². The molecule has 186 valence electrons. The lowest BCUT2D eigenvalue weighted by atomic mass is 10.0. The van der Waals surface area contributed by atoms with E-state index in [2.05, 4.69) is 28.9 Å². The van der Waals surface area contributed by atoms with E-state index in [1.165, 1.54) is 5.56 Å². The van der Waals surface area contributed by atoms with E-state index in [-0.39, 0.29) is 11.8 Å². The molecule has 0 N–H and O–H groups in total. The zero-order valence-electron chi connectivity index (χ0n) is 20.3. The molecule has 2 aromatic carbocycles. The molecule has 0 amide bonds. The zero-order valence-corrected chi connectivity index (χ0v) is 22.7. The lowest BCUT2D eigenvalue weighted by Gasteiger charge is -2.30. The molecule has 1 aliphatic rings.